The van der Waals surface area contributed by atoms with Crippen molar-refractivity contribution in [1.29, 1.82) is 0 Å². The normalized spacial score (nSPS) is 11.1. The van der Waals surface area contributed by atoms with E-state index in [0.717, 1.165) is 5.56 Å². The third-order valence-corrected chi connectivity index (χ3v) is 3.92. The molecule has 2 aromatic carbocycles. The van der Waals surface area contributed by atoms with Crippen molar-refractivity contribution in [2.75, 3.05) is 0 Å². The van der Waals surface area contributed by atoms with Crippen molar-refractivity contribution in [3.63, 3.8) is 0 Å². The van der Waals surface area contributed by atoms with Gasteiger partial charge in [0.05, 0.1) is 10.5 Å². The number of halogens is 1. The van der Waals surface area contributed by atoms with Crippen molar-refractivity contribution in [3.05, 3.63) is 65.7 Å². The number of carbonyl (C=O) groups excluding carboxylic acids is 1. The molecule has 0 bridgehead atoms. The van der Waals surface area contributed by atoms with Gasteiger partial charge in [-0.25, -0.2) is 13.2 Å². The molecule has 0 amide bonds. The molecular weight excluding hydrogens is 300 g/mol. The van der Waals surface area contributed by atoms with Gasteiger partial charge >= 0.3 is 5.97 Å². The second kappa shape index (κ2) is 6.07. The van der Waals surface area contributed by atoms with Gasteiger partial charge in [0.1, 0.15) is 6.61 Å². The largest absolute Gasteiger partial charge is 0.457 e. The number of hydrogen-bond acceptors (Lipinski definition) is 4. The fraction of sp³-hybridized carbons (Fsp3) is 0.0714. The van der Waals surface area contributed by atoms with E-state index in [1.165, 1.54) is 24.3 Å². The molecule has 0 fully saturated rings. The Balaban J connectivity index is 2.10. The van der Waals surface area contributed by atoms with Gasteiger partial charge in [-0.05, 0) is 23.8 Å². The average molecular weight is 311 g/mol. The Bertz CT molecular complexity index is 711. The van der Waals surface area contributed by atoms with Crippen molar-refractivity contribution in [2.45, 2.75) is 11.5 Å². The van der Waals surface area contributed by atoms with E-state index in [2.05, 4.69) is 0 Å². The summed E-state index contributed by atoms with van der Waals surface area (Å²) in [5.74, 6) is -0.601. The van der Waals surface area contributed by atoms with Gasteiger partial charge in [-0.2, -0.15) is 0 Å². The molecule has 6 heteroatoms. The fourth-order valence-electron chi connectivity index (χ4n) is 1.58. The van der Waals surface area contributed by atoms with Crippen molar-refractivity contribution in [3.8, 4) is 0 Å². The van der Waals surface area contributed by atoms with Crippen molar-refractivity contribution in [1.82, 2.24) is 0 Å². The van der Waals surface area contributed by atoms with Crippen LogP contribution in [0.25, 0.3) is 0 Å². The molecule has 20 heavy (non-hydrogen) atoms. The highest BCUT2D eigenvalue weighted by atomic mass is 35.7. The Labute approximate surface area is 121 Å². The van der Waals surface area contributed by atoms with E-state index in [4.69, 9.17) is 15.4 Å². The topological polar surface area (TPSA) is 60.4 Å². The first-order chi connectivity index (χ1) is 9.47. The summed E-state index contributed by atoms with van der Waals surface area (Å²) in [6, 6.07) is 14.6. The van der Waals surface area contributed by atoms with E-state index in [9.17, 15) is 13.2 Å². The van der Waals surface area contributed by atoms with Crippen LogP contribution in [0.1, 0.15) is 15.9 Å². The lowest BCUT2D eigenvalue weighted by atomic mass is 10.2. The number of carbonyl (C=O) groups is 1. The number of hydrogen-bond donors (Lipinski definition) is 0. The molecule has 0 saturated carbocycles. The van der Waals surface area contributed by atoms with Gasteiger partial charge in [0.15, 0.2) is 0 Å². The molecule has 4 nitrogen and oxygen atoms in total. The predicted molar refractivity (Wildman–Crippen MR) is 75.0 cm³/mol. The van der Waals surface area contributed by atoms with Crippen LogP contribution in [0.4, 0.5) is 0 Å². The van der Waals surface area contributed by atoms with Crippen LogP contribution in [0.15, 0.2) is 59.5 Å². The minimum Gasteiger partial charge on any atom is -0.457 e. The highest BCUT2D eigenvalue weighted by Gasteiger charge is 2.14. The molecule has 0 saturated heterocycles. The maximum Gasteiger partial charge on any atom is 0.338 e. The monoisotopic (exact) mass is 310 g/mol. The molecule has 0 N–H and O–H groups in total. The second-order valence-electron chi connectivity index (χ2n) is 4.03. The Morgan fingerprint density at radius 1 is 1.05 bits per heavy atom. The first-order valence-corrected chi connectivity index (χ1v) is 8.03. The lowest BCUT2D eigenvalue weighted by Crippen LogP contribution is -2.06. The Morgan fingerprint density at radius 2 is 1.75 bits per heavy atom. The van der Waals surface area contributed by atoms with Crippen LogP contribution in [0.2, 0.25) is 0 Å². The summed E-state index contributed by atoms with van der Waals surface area (Å²) in [6.07, 6.45) is 0. The van der Waals surface area contributed by atoms with Crippen LogP contribution in [-0.2, 0) is 20.4 Å². The number of benzene rings is 2. The summed E-state index contributed by atoms with van der Waals surface area (Å²) in [7, 11) is 1.37. The van der Waals surface area contributed by atoms with E-state index in [1.54, 1.807) is 0 Å². The average Bonchev–Trinajstić information content (AvgIpc) is 2.45. The van der Waals surface area contributed by atoms with E-state index in [1.807, 2.05) is 30.3 Å². The van der Waals surface area contributed by atoms with Crippen molar-refractivity contribution < 1.29 is 17.9 Å². The summed E-state index contributed by atoms with van der Waals surface area (Å²) in [6.45, 7) is 0.123. The van der Waals surface area contributed by atoms with Gasteiger partial charge in [0, 0.05) is 10.7 Å². The van der Waals surface area contributed by atoms with Crippen LogP contribution in [-0.4, -0.2) is 14.4 Å². The Kier molecular flexibility index (Phi) is 4.42. The van der Waals surface area contributed by atoms with Gasteiger partial charge in [-0.3, -0.25) is 0 Å². The van der Waals surface area contributed by atoms with Crippen LogP contribution in [0, 0.1) is 0 Å². The molecule has 0 radical (unpaired) electrons. The molecule has 0 heterocycles. The lowest BCUT2D eigenvalue weighted by Gasteiger charge is -2.05. The molecule has 0 unspecified atom stereocenters. The summed E-state index contributed by atoms with van der Waals surface area (Å²) in [5.41, 5.74) is 0.990. The van der Waals surface area contributed by atoms with E-state index < -0.39 is 15.0 Å². The third kappa shape index (κ3) is 3.82. The highest BCUT2D eigenvalue weighted by Crippen LogP contribution is 2.17. The highest BCUT2D eigenvalue weighted by molar-refractivity contribution is 8.13. The van der Waals surface area contributed by atoms with Gasteiger partial charge < -0.3 is 4.74 Å². The Morgan fingerprint density at radius 3 is 2.40 bits per heavy atom. The van der Waals surface area contributed by atoms with Crippen LogP contribution < -0.4 is 0 Å². The minimum absolute atomic E-state index is 0.123. The molecule has 0 aliphatic carbocycles. The van der Waals surface area contributed by atoms with Crippen LogP contribution in [0.5, 0.6) is 0 Å². The molecule has 104 valence electrons. The lowest BCUT2D eigenvalue weighted by molar-refractivity contribution is 0.0472. The fourth-order valence-corrected chi connectivity index (χ4v) is 2.38. The summed E-state index contributed by atoms with van der Waals surface area (Å²) >= 11 is 0. The zero-order valence-corrected chi connectivity index (χ0v) is 11.9. The number of ether oxygens (including phenoxy) is 1. The first kappa shape index (κ1) is 14.6. The van der Waals surface area contributed by atoms with E-state index in [-0.39, 0.29) is 17.1 Å². The van der Waals surface area contributed by atoms with Gasteiger partial charge in [-0.1, -0.05) is 36.4 Å². The predicted octanol–water partition coefficient (Wildman–Crippen LogP) is 2.97. The Hall–Kier alpha value is -1.85. The minimum atomic E-state index is -3.86. The molecule has 0 aliphatic rings. The third-order valence-electron chi connectivity index (χ3n) is 2.56. The van der Waals surface area contributed by atoms with Gasteiger partial charge in [-0.15, -0.1) is 0 Å². The zero-order chi connectivity index (χ0) is 14.6. The molecule has 0 spiro atoms. The maximum atomic E-state index is 11.8. The molecule has 0 atom stereocenters. The van der Waals surface area contributed by atoms with Crippen LogP contribution in [0.3, 0.4) is 0 Å². The summed E-state index contributed by atoms with van der Waals surface area (Å²) < 4.78 is 27.5. The standard InChI is InChI=1S/C14H11ClO4S/c15-20(17,18)13-8-4-7-12(9-13)14(16)19-10-11-5-2-1-3-6-11/h1-9H,10H2. The zero-order valence-electron chi connectivity index (χ0n) is 10.3. The summed E-state index contributed by atoms with van der Waals surface area (Å²) in [5, 5.41) is 0. The summed E-state index contributed by atoms with van der Waals surface area (Å²) in [4.78, 5) is 11.7. The molecule has 0 aromatic heterocycles. The van der Waals surface area contributed by atoms with Gasteiger partial charge in [0.25, 0.3) is 9.05 Å². The molecule has 0 aliphatic heterocycles. The smallest absolute Gasteiger partial charge is 0.338 e. The SMILES string of the molecule is O=C(OCc1ccccc1)c1cccc(S(=O)(=O)Cl)c1. The molecule has 2 aromatic rings. The van der Waals surface area contributed by atoms with Crippen LogP contribution >= 0.6 is 10.7 Å². The van der Waals surface area contributed by atoms with E-state index >= 15 is 0 Å². The number of esters is 1. The quantitative estimate of drug-likeness (QED) is 0.643. The second-order valence-corrected chi connectivity index (χ2v) is 6.59. The van der Waals surface area contributed by atoms with Crippen molar-refractivity contribution in [2.24, 2.45) is 0 Å². The van der Waals surface area contributed by atoms with Crippen molar-refractivity contribution >= 4 is 25.7 Å². The molecular formula is C14H11ClO4S. The first-order valence-electron chi connectivity index (χ1n) is 5.72. The van der Waals surface area contributed by atoms with Gasteiger partial charge in [0.2, 0.25) is 0 Å². The maximum absolute atomic E-state index is 11.8. The molecule has 2 rings (SSSR count). The number of rotatable bonds is 4. The van der Waals surface area contributed by atoms with E-state index in [0.29, 0.717) is 0 Å².